The van der Waals surface area contributed by atoms with Gasteiger partial charge in [0.2, 0.25) is 0 Å². The standard InChI is InChI=1S/C17H18N2O2/c18-10-11-21-17-9-5-4-8-15(17)12-19-16(13-20)14-6-2-1-3-7-14/h1-9,16,19-20H,11-13H2/t16-/m0/s1. The van der Waals surface area contributed by atoms with Crippen molar-refractivity contribution in [1.82, 2.24) is 5.32 Å². The van der Waals surface area contributed by atoms with Crippen molar-refractivity contribution in [2.24, 2.45) is 0 Å². The Kier molecular flexibility index (Phi) is 5.77. The smallest absolute Gasteiger partial charge is 0.174 e. The van der Waals surface area contributed by atoms with Crippen molar-refractivity contribution in [3.05, 3.63) is 65.7 Å². The van der Waals surface area contributed by atoms with Crippen molar-refractivity contribution < 1.29 is 9.84 Å². The second-order valence-corrected chi connectivity index (χ2v) is 4.58. The van der Waals surface area contributed by atoms with Crippen LogP contribution in [0.4, 0.5) is 0 Å². The lowest BCUT2D eigenvalue weighted by atomic mass is 10.1. The molecule has 2 aromatic rings. The van der Waals surface area contributed by atoms with Gasteiger partial charge in [-0.15, -0.1) is 0 Å². The Labute approximate surface area is 124 Å². The van der Waals surface area contributed by atoms with Crippen LogP contribution in [0.1, 0.15) is 17.2 Å². The molecule has 4 nitrogen and oxygen atoms in total. The highest BCUT2D eigenvalue weighted by Crippen LogP contribution is 2.19. The van der Waals surface area contributed by atoms with Gasteiger partial charge < -0.3 is 15.2 Å². The highest BCUT2D eigenvalue weighted by atomic mass is 16.5. The van der Waals surface area contributed by atoms with E-state index in [1.807, 2.05) is 60.7 Å². The summed E-state index contributed by atoms with van der Waals surface area (Å²) in [5.41, 5.74) is 2.00. The van der Waals surface area contributed by atoms with E-state index in [9.17, 15) is 5.11 Å². The molecule has 0 spiro atoms. The average molecular weight is 282 g/mol. The summed E-state index contributed by atoms with van der Waals surface area (Å²) < 4.78 is 5.39. The Bertz CT molecular complexity index is 593. The molecule has 0 bridgehead atoms. The molecule has 0 aliphatic carbocycles. The van der Waals surface area contributed by atoms with Gasteiger partial charge in [-0.25, -0.2) is 0 Å². The van der Waals surface area contributed by atoms with E-state index in [-0.39, 0.29) is 19.3 Å². The first-order chi connectivity index (χ1) is 10.3. The topological polar surface area (TPSA) is 65.3 Å². The van der Waals surface area contributed by atoms with Crippen molar-refractivity contribution in [2.45, 2.75) is 12.6 Å². The van der Waals surface area contributed by atoms with Crippen LogP contribution < -0.4 is 10.1 Å². The monoisotopic (exact) mass is 282 g/mol. The third kappa shape index (κ3) is 4.32. The number of nitrogens with one attached hydrogen (secondary N) is 1. The number of rotatable bonds is 7. The molecule has 2 rings (SSSR count). The van der Waals surface area contributed by atoms with Crippen molar-refractivity contribution in [2.75, 3.05) is 13.2 Å². The van der Waals surface area contributed by atoms with Gasteiger partial charge in [-0.1, -0.05) is 48.5 Å². The number of ether oxygens (including phenoxy) is 1. The second kappa shape index (κ2) is 8.05. The van der Waals surface area contributed by atoms with E-state index < -0.39 is 0 Å². The fourth-order valence-electron chi connectivity index (χ4n) is 2.11. The summed E-state index contributed by atoms with van der Waals surface area (Å²) in [7, 11) is 0. The lowest BCUT2D eigenvalue weighted by molar-refractivity contribution is 0.243. The zero-order valence-corrected chi connectivity index (χ0v) is 11.7. The molecule has 0 aliphatic rings. The first-order valence-electron chi connectivity index (χ1n) is 6.82. The molecule has 0 heterocycles. The average Bonchev–Trinajstić information content (AvgIpc) is 2.55. The van der Waals surface area contributed by atoms with E-state index in [2.05, 4.69) is 5.32 Å². The maximum Gasteiger partial charge on any atom is 0.174 e. The number of para-hydroxylation sites is 1. The maximum atomic E-state index is 9.53. The summed E-state index contributed by atoms with van der Waals surface area (Å²) in [4.78, 5) is 0. The maximum absolute atomic E-state index is 9.53. The highest BCUT2D eigenvalue weighted by molar-refractivity contribution is 5.33. The zero-order chi connectivity index (χ0) is 14.9. The van der Waals surface area contributed by atoms with Crippen molar-refractivity contribution in [1.29, 1.82) is 5.26 Å². The third-order valence-electron chi connectivity index (χ3n) is 3.19. The van der Waals surface area contributed by atoms with Crippen LogP contribution in [0.15, 0.2) is 54.6 Å². The van der Waals surface area contributed by atoms with Crippen LogP contribution in [0.2, 0.25) is 0 Å². The van der Waals surface area contributed by atoms with Gasteiger partial charge in [0, 0.05) is 12.1 Å². The molecule has 108 valence electrons. The van der Waals surface area contributed by atoms with Crippen LogP contribution >= 0.6 is 0 Å². The molecule has 0 saturated carbocycles. The van der Waals surface area contributed by atoms with Crippen LogP contribution in [0.5, 0.6) is 5.75 Å². The van der Waals surface area contributed by atoms with E-state index in [0.29, 0.717) is 12.3 Å². The molecule has 1 atom stereocenters. The molecule has 0 aromatic heterocycles. The number of nitriles is 1. The van der Waals surface area contributed by atoms with Gasteiger partial charge in [-0.05, 0) is 11.6 Å². The summed E-state index contributed by atoms with van der Waals surface area (Å²) in [6.45, 7) is 0.603. The molecule has 0 unspecified atom stereocenters. The number of hydrogen-bond acceptors (Lipinski definition) is 4. The van der Waals surface area contributed by atoms with Gasteiger partial charge in [-0.3, -0.25) is 0 Å². The van der Waals surface area contributed by atoms with Gasteiger partial charge in [-0.2, -0.15) is 5.26 Å². The second-order valence-electron chi connectivity index (χ2n) is 4.58. The fraction of sp³-hybridized carbons (Fsp3) is 0.235. The Morgan fingerprint density at radius 3 is 2.52 bits per heavy atom. The predicted octanol–water partition coefficient (Wildman–Crippen LogP) is 2.41. The minimum Gasteiger partial charge on any atom is -0.478 e. The van der Waals surface area contributed by atoms with E-state index in [0.717, 1.165) is 11.1 Å². The van der Waals surface area contributed by atoms with Crippen LogP contribution in [-0.4, -0.2) is 18.3 Å². The molecule has 21 heavy (non-hydrogen) atoms. The minimum absolute atomic E-state index is 0.0191. The van der Waals surface area contributed by atoms with E-state index in [1.54, 1.807) is 0 Å². The molecular formula is C17H18N2O2. The Morgan fingerprint density at radius 1 is 1.10 bits per heavy atom. The minimum atomic E-state index is -0.129. The van der Waals surface area contributed by atoms with E-state index in [4.69, 9.17) is 10.00 Å². The molecule has 2 aromatic carbocycles. The van der Waals surface area contributed by atoms with Gasteiger partial charge in [0.1, 0.15) is 11.8 Å². The first kappa shape index (κ1) is 15.0. The van der Waals surface area contributed by atoms with Gasteiger partial charge in [0.05, 0.1) is 12.6 Å². The largest absolute Gasteiger partial charge is 0.478 e. The summed E-state index contributed by atoms with van der Waals surface area (Å²) in [6.07, 6.45) is 0. The van der Waals surface area contributed by atoms with E-state index in [1.165, 1.54) is 0 Å². The van der Waals surface area contributed by atoms with Crippen LogP contribution in [0, 0.1) is 11.3 Å². The summed E-state index contributed by atoms with van der Waals surface area (Å²) >= 11 is 0. The lowest BCUT2D eigenvalue weighted by Crippen LogP contribution is -2.24. The Morgan fingerprint density at radius 2 is 1.81 bits per heavy atom. The highest BCUT2D eigenvalue weighted by Gasteiger charge is 2.10. The lowest BCUT2D eigenvalue weighted by Gasteiger charge is -2.18. The molecule has 2 N–H and O–H groups in total. The van der Waals surface area contributed by atoms with Crippen molar-refractivity contribution in [3.8, 4) is 11.8 Å². The zero-order valence-electron chi connectivity index (χ0n) is 11.7. The number of aliphatic hydroxyl groups excluding tert-OH is 1. The van der Waals surface area contributed by atoms with E-state index >= 15 is 0 Å². The fourth-order valence-corrected chi connectivity index (χ4v) is 2.11. The molecular weight excluding hydrogens is 264 g/mol. The van der Waals surface area contributed by atoms with Gasteiger partial charge >= 0.3 is 0 Å². The van der Waals surface area contributed by atoms with Crippen LogP contribution in [-0.2, 0) is 6.54 Å². The number of benzene rings is 2. The molecule has 0 aliphatic heterocycles. The number of hydrogen-bond donors (Lipinski definition) is 2. The normalized spacial score (nSPS) is 11.6. The summed E-state index contributed by atoms with van der Waals surface area (Å²) in [5, 5.41) is 21.4. The molecule has 4 heteroatoms. The van der Waals surface area contributed by atoms with Crippen molar-refractivity contribution in [3.63, 3.8) is 0 Å². The Balaban J connectivity index is 2.03. The quantitative estimate of drug-likeness (QED) is 0.818. The molecule has 0 amide bonds. The predicted molar refractivity (Wildman–Crippen MR) is 80.7 cm³/mol. The molecule has 0 saturated heterocycles. The SMILES string of the molecule is N#CCOc1ccccc1CN[C@@H](CO)c1ccccc1. The van der Waals surface area contributed by atoms with Crippen LogP contribution in [0.25, 0.3) is 0 Å². The summed E-state index contributed by atoms with van der Waals surface area (Å²) in [6, 6.07) is 19.2. The van der Waals surface area contributed by atoms with Crippen LogP contribution in [0.3, 0.4) is 0 Å². The van der Waals surface area contributed by atoms with Crippen molar-refractivity contribution >= 4 is 0 Å². The molecule has 0 fully saturated rings. The third-order valence-corrected chi connectivity index (χ3v) is 3.19. The van der Waals surface area contributed by atoms with Gasteiger partial charge in [0.25, 0.3) is 0 Å². The summed E-state index contributed by atoms with van der Waals surface area (Å²) in [5.74, 6) is 0.691. The van der Waals surface area contributed by atoms with Gasteiger partial charge in [0.15, 0.2) is 6.61 Å². The Hall–Kier alpha value is -2.35. The number of nitrogens with zero attached hydrogens (tertiary/aromatic N) is 1. The molecule has 0 radical (unpaired) electrons. The first-order valence-corrected chi connectivity index (χ1v) is 6.82. The number of aliphatic hydroxyl groups is 1.